The van der Waals surface area contributed by atoms with Crippen LogP contribution in [-0.4, -0.2) is 18.4 Å². The Morgan fingerprint density at radius 1 is 1.13 bits per heavy atom. The molecule has 120 valence electrons. The van der Waals surface area contributed by atoms with Gasteiger partial charge in [-0.2, -0.15) is 0 Å². The Kier molecular flexibility index (Phi) is 5.58. The van der Waals surface area contributed by atoms with E-state index >= 15 is 0 Å². The van der Waals surface area contributed by atoms with Gasteiger partial charge in [-0.25, -0.2) is 4.39 Å². The number of para-hydroxylation sites is 1. The van der Waals surface area contributed by atoms with E-state index in [9.17, 15) is 14.0 Å². The molecule has 0 atom stereocenters. The summed E-state index contributed by atoms with van der Waals surface area (Å²) >= 11 is 12.0. The standard InChI is InChI=1S/C16H13Cl2FN2O2/c1-10(22)21(14-8-4-5-11(17)16(14)18)9-15(23)20-13-7-3-2-6-12(13)19/h2-8H,9H2,1H3,(H,20,23). The van der Waals surface area contributed by atoms with Gasteiger partial charge in [-0.3, -0.25) is 9.59 Å². The highest BCUT2D eigenvalue weighted by molar-refractivity contribution is 6.44. The number of halogens is 3. The van der Waals surface area contributed by atoms with Crippen molar-refractivity contribution in [2.45, 2.75) is 6.92 Å². The second-order valence-corrected chi connectivity index (χ2v) is 5.49. The van der Waals surface area contributed by atoms with E-state index < -0.39 is 17.6 Å². The maximum Gasteiger partial charge on any atom is 0.244 e. The van der Waals surface area contributed by atoms with Crippen molar-refractivity contribution in [2.24, 2.45) is 0 Å². The average molecular weight is 355 g/mol. The Hall–Kier alpha value is -2.11. The molecule has 0 aromatic heterocycles. The van der Waals surface area contributed by atoms with Gasteiger partial charge in [-0.1, -0.05) is 41.4 Å². The van der Waals surface area contributed by atoms with Crippen molar-refractivity contribution in [1.29, 1.82) is 0 Å². The molecule has 0 aliphatic heterocycles. The van der Waals surface area contributed by atoms with E-state index in [0.717, 1.165) is 0 Å². The fraction of sp³-hybridized carbons (Fsp3) is 0.125. The Morgan fingerprint density at radius 3 is 2.48 bits per heavy atom. The Bertz CT molecular complexity index is 753. The van der Waals surface area contributed by atoms with E-state index in [4.69, 9.17) is 23.2 Å². The zero-order valence-corrected chi connectivity index (χ0v) is 13.7. The van der Waals surface area contributed by atoms with Gasteiger partial charge in [-0.05, 0) is 24.3 Å². The van der Waals surface area contributed by atoms with Gasteiger partial charge in [-0.15, -0.1) is 0 Å². The van der Waals surface area contributed by atoms with Crippen LogP contribution in [0, 0.1) is 5.82 Å². The third-order valence-corrected chi connectivity index (χ3v) is 3.86. The van der Waals surface area contributed by atoms with Gasteiger partial charge < -0.3 is 10.2 Å². The fourth-order valence-corrected chi connectivity index (χ4v) is 2.36. The normalized spacial score (nSPS) is 10.3. The number of rotatable bonds is 4. The van der Waals surface area contributed by atoms with Crippen molar-refractivity contribution in [3.63, 3.8) is 0 Å². The highest BCUT2D eigenvalue weighted by atomic mass is 35.5. The minimum absolute atomic E-state index is 0.0400. The summed E-state index contributed by atoms with van der Waals surface area (Å²) in [5.74, 6) is -1.50. The first-order valence-corrected chi connectivity index (χ1v) is 7.42. The van der Waals surface area contributed by atoms with Gasteiger partial charge in [0.25, 0.3) is 0 Å². The molecular formula is C16H13Cl2FN2O2. The zero-order valence-electron chi connectivity index (χ0n) is 12.1. The van der Waals surface area contributed by atoms with Gasteiger partial charge in [0.05, 0.1) is 21.4 Å². The molecule has 23 heavy (non-hydrogen) atoms. The van der Waals surface area contributed by atoms with E-state index in [1.54, 1.807) is 24.3 Å². The van der Waals surface area contributed by atoms with Gasteiger partial charge in [0.2, 0.25) is 11.8 Å². The molecule has 2 aromatic rings. The molecule has 2 rings (SSSR count). The van der Waals surface area contributed by atoms with E-state index in [-0.39, 0.29) is 22.3 Å². The number of nitrogens with zero attached hydrogens (tertiary/aromatic N) is 1. The summed E-state index contributed by atoms with van der Waals surface area (Å²) in [5.41, 5.74) is 0.355. The monoisotopic (exact) mass is 354 g/mol. The predicted octanol–water partition coefficient (Wildman–Crippen LogP) is 4.12. The highest BCUT2D eigenvalue weighted by Gasteiger charge is 2.20. The van der Waals surface area contributed by atoms with Gasteiger partial charge in [0, 0.05) is 6.92 Å². The lowest BCUT2D eigenvalue weighted by atomic mass is 10.2. The Morgan fingerprint density at radius 2 is 1.83 bits per heavy atom. The molecule has 1 N–H and O–H groups in total. The molecular weight excluding hydrogens is 342 g/mol. The van der Waals surface area contributed by atoms with E-state index in [0.29, 0.717) is 5.69 Å². The molecule has 0 bridgehead atoms. The van der Waals surface area contributed by atoms with Crippen LogP contribution in [0.3, 0.4) is 0 Å². The van der Waals surface area contributed by atoms with Crippen LogP contribution in [0.2, 0.25) is 10.0 Å². The molecule has 0 spiro atoms. The van der Waals surface area contributed by atoms with Crippen molar-refractivity contribution in [3.8, 4) is 0 Å². The summed E-state index contributed by atoms with van der Waals surface area (Å²) in [7, 11) is 0. The van der Waals surface area contributed by atoms with Crippen molar-refractivity contribution in [2.75, 3.05) is 16.8 Å². The minimum Gasteiger partial charge on any atom is -0.322 e. The van der Waals surface area contributed by atoms with Gasteiger partial charge >= 0.3 is 0 Å². The number of benzene rings is 2. The number of anilines is 2. The number of hydrogen-bond donors (Lipinski definition) is 1. The largest absolute Gasteiger partial charge is 0.322 e. The lowest BCUT2D eigenvalue weighted by molar-refractivity contribution is -0.120. The third-order valence-electron chi connectivity index (χ3n) is 3.05. The maximum absolute atomic E-state index is 13.6. The lowest BCUT2D eigenvalue weighted by Crippen LogP contribution is -2.37. The SMILES string of the molecule is CC(=O)N(CC(=O)Nc1ccccc1F)c1cccc(Cl)c1Cl. The molecule has 0 aliphatic carbocycles. The first kappa shape index (κ1) is 17.2. The molecule has 0 fully saturated rings. The summed E-state index contributed by atoms with van der Waals surface area (Å²) in [6, 6.07) is 10.5. The Balaban J connectivity index is 2.20. The van der Waals surface area contributed by atoms with E-state index in [1.165, 1.54) is 30.0 Å². The van der Waals surface area contributed by atoms with Crippen LogP contribution >= 0.6 is 23.2 Å². The average Bonchev–Trinajstić information content (AvgIpc) is 2.50. The van der Waals surface area contributed by atoms with E-state index in [2.05, 4.69) is 5.32 Å². The first-order chi connectivity index (χ1) is 10.9. The minimum atomic E-state index is -0.559. The van der Waals surface area contributed by atoms with Gasteiger partial charge in [0.1, 0.15) is 12.4 Å². The summed E-state index contributed by atoms with van der Waals surface area (Å²) in [5, 5.41) is 2.85. The lowest BCUT2D eigenvalue weighted by Gasteiger charge is -2.22. The van der Waals surface area contributed by atoms with Crippen molar-refractivity contribution in [1.82, 2.24) is 0 Å². The first-order valence-electron chi connectivity index (χ1n) is 6.66. The molecule has 4 nitrogen and oxygen atoms in total. The molecule has 0 unspecified atom stereocenters. The van der Waals surface area contributed by atoms with Gasteiger partial charge in [0.15, 0.2) is 0 Å². The maximum atomic E-state index is 13.6. The Labute approximate surface area is 142 Å². The summed E-state index contributed by atoms with van der Waals surface area (Å²) in [6.45, 7) is 0.983. The quantitative estimate of drug-likeness (QED) is 0.897. The van der Waals surface area contributed by atoms with Crippen LogP contribution in [0.15, 0.2) is 42.5 Å². The highest BCUT2D eigenvalue weighted by Crippen LogP contribution is 2.32. The molecule has 2 aromatic carbocycles. The summed E-state index contributed by atoms with van der Waals surface area (Å²) < 4.78 is 13.6. The van der Waals surface area contributed by atoms with Crippen LogP contribution in [0.1, 0.15) is 6.92 Å². The van der Waals surface area contributed by atoms with Crippen molar-refractivity contribution >= 4 is 46.4 Å². The topological polar surface area (TPSA) is 49.4 Å². The van der Waals surface area contributed by atoms with Crippen molar-refractivity contribution < 1.29 is 14.0 Å². The van der Waals surface area contributed by atoms with Crippen LogP contribution in [-0.2, 0) is 9.59 Å². The van der Waals surface area contributed by atoms with E-state index in [1.807, 2.05) is 0 Å². The van der Waals surface area contributed by atoms with Crippen LogP contribution in [0.5, 0.6) is 0 Å². The number of hydrogen-bond acceptors (Lipinski definition) is 2. The number of carbonyl (C=O) groups is 2. The summed E-state index contributed by atoms with van der Waals surface area (Å²) in [4.78, 5) is 25.1. The molecule has 7 heteroatoms. The molecule has 2 amide bonds. The van der Waals surface area contributed by atoms with Crippen molar-refractivity contribution in [3.05, 3.63) is 58.3 Å². The van der Waals surface area contributed by atoms with Crippen LogP contribution < -0.4 is 10.2 Å². The smallest absolute Gasteiger partial charge is 0.244 e. The number of amides is 2. The molecule has 0 aliphatic rings. The summed E-state index contributed by atoms with van der Waals surface area (Å²) in [6.07, 6.45) is 0. The van der Waals surface area contributed by atoms with Crippen LogP contribution in [0.4, 0.5) is 15.8 Å². The molecule has 0 heterocycles. The molecule has 0 saturated carbocycles. The third kappa shape index (κ3) is 4.21. The zero-order chi connectivity index (χ0) is 17.0. The second-order valence-electron chi connectivity index (χ2n) is 4.71. The second kappa shape index (κ2) is 7.44. The number of nitrogens with one attached hydrogen (secondary N) is 1. The fourth-order valence-electron chi connectivity index (χ4n) is 1.96. The molecule has 0 saturated heterocycles. The van der Waals surface area contributed by atoms with Crippen LogP contribution in [0.25, 0.3) is 0 Å². The number of carbonyl (C=O) groups excluding carboxylic acids is 2. The predicted molar refractivity (Wildman–Crippen MR) is 89.5 cm³/mol. The molecule has 0 radical (unpaired) electrons.